The fourth-order valence-electron chi connectivity index (χ4n) is 2.17. The van der Waals surface area contributed by atoms with Crippen molar-refractivity contribution in [1.82, 2.24) is 15.6 Å². The van der Waals surface area contributed by atoms with Gasteiger partial charge in [0, 0.05) is 30.9 Å². The van der Waals surface area contributed by atoms with Crippen LogP contribution in [0.15, 0.2) is 4.99 Å². The second-order valence-electron chi connectivity index (χ2n) is 5.24. The number of aliphatic imine (C=N–C) groups is 1. The molecule has 0 saturated carbocycles. The van der Waals surface area contributed by atoms with Crippen LogP contribution in [0.25, 0.3) is 0 Å². The van der Waals surface area contributed by atoms with Crippen LogP contribution in [0.5, 0.6) is 0 Å². The van der Waals surface area contributed by atoms with Crippen LogP contribution in [0.4, 0.5) is 0 Å². The van der Waals surface area contributed by atoms with Gasteiger partial charge in [0.1, 0.15) is 0 Å². The molecule has 6 heteroatoms. The second-order valence-corrected chi connectivity index (χ2v) is 6.53. The first kappa shape index (κ1) is 21.6. The molecule has 128 valence electrons. The van der Waals surface area contributed by atoms with E-state index < -0.39 is 0 Å². The predicted molar refractivity (Wildman–Crippen MR) is 109 cm³/mol. The maximum atomic E-state index is 4.63. The standard InChI is InChI=1S/C16H30N4S.HI/c1-5-7-8-9-11-18-16(17-6-2)19-12-10-15-13(3)20-14(4)21-15;/h5-12H2,1-4H3,(H2,17,18,19);1H. The van der Waals surface area contributed by atoms with E-state index in [9.17, 15) is 0 Å². The molecule has 0 unspecified atom stereocenters. The van der Waals surface area contributed by atoms with Crippen molar-refractivity contribution >= 4 is 41.3 Å². The molecule has 0 saturated heterocycles. The lowest BCUT2D eigenvalue weighted by atomic mass is 10.2. The zero-order valence-electron chi connectivity index (χ0n) is 14.4. The van der Waals surface area contributed by atoms with Gasteiger partial charge in [0.05, 0.1) is 10.7 Å². The smallest absolute Gasteiger partial charge is 0.191 e. The summed E-state index contributed by atoms with van der Waals surface area (Å²) in [5.74, 6) is 0.938. The minimum Gasteiger partial charge on any atom is -0.357 e. The van der Waals surface area contributed by atoms with Crippen LogP contribution >= 0.6 is 35.3 Å². The van der Waals surface area contributed by atoms with Crippen LogP contribution in [0.1, 0.15) is 55.1 Å². The fraction of sp³-hybridized carbons (Fsp3) is 0.750. The minimum atomic E-state index is 0. The zero-order chi connectivity index (χ0) is 15.5. The number of unbranched alkanes of at least 4 members (excludes halogenated alkanes) is 3. The molecule has 0 aliphatic carbocycles. The lowest BCUT2D eigenvalue weighted by Gasteiger charge is -2.10. The highest BCUT2D eigenvalue weighted by atomic mass is 127. The highest BCUT2D eigenvalue weighted by Crippen LogP contribution is 2.16. The van der Waals surface area contributed by atoms with Gasteiger partial charge in [0.15, 0.2) is 5.96 Å². The molecule has 0 amide bonds. The Labute approximate surface area is 156 Å². The van der Waals surface area contributed by atoms with Gasteiger partial charge in [-0.25, -0.2) is 4.98 Å². The van der Waals surface area contributed by atoms with Gasteiger partial charge >= 0.3 is 0 Å². The second kappa shape index (κ2) is 13.1. The zero-order valence-corrected chi connectivity index (χ0v) is 17.5. The van der Waals surface area contributed by atoms with Gasteiger partial charge in [-0.15, -0.1) is 35.3 Å². The van der Waals surface area contributed by atoms with Crippen LogP contribution in [0, 0.1) is 13.8 Å². The Kier molecular flexibility index (Phi) is 12.9. The van der Waals surface area contributed by atoms with Gasteiger partial charge in [-0.1, -0.05) is 26.2 Å². The predicted octanol–water partition coefficient (Wildman–Crippen LogP) is 4.06. The van der Waals surface area contributed by atoms with Crippen molar-refractivity contribution in [2.75, 3.05) is 19.6 Å². The van der Waals surface area contributed by atoms with Gasteiger partial charge in [-0.05, 0) is 27.2 Å². The lowest BCUT2D eigenvalue weighted by molar-refractivity contribution is 0.670. The summed E-state index contributed by atoms with van der Waals surface area (Å²) >= 11 is 1.79. The summed E-state index contributed by atoms with van der Waals surface area (Å²) in [6.07, 6.45) is 6.05. The molecule has 0 fully saturated rings. The van der Waals surface area contributed by atoms with E-state index in [2.05, 4.69) is 48.3 Å². The van der Waals surface area contributed by atoms with E-state index in [4.69, 9.17) is 0 Å². The number of halogens is 1. The normalized spacial score (nSPS) is 11.2. The SMILES string of the molecule is CCCCCCN=C(NCC)NCCc1sc(C)nc1C.I. The third-order valence-corrected chi connectivity index (χ3v) is 4.40. The van der Waals surface area contributed by atoms with Gasteiger partial charge < -0.3 is 10.6 Å². The Morgan fingerprint density at radius 2 is 1.91 bits per heavy atom. The number of hydrogen-bond acceptors (Lipinski definition) is 3. The molecule has 1 heterocycles. The molecule has 1 rings (SSSR count). The van der Waals surface area contributed by atoms with Crippen molar-refractivity contribution in [2.45, 2.75) is 59.8 Å². The first-order valence-electron chi connectivity index (χ1n) is 8.12. The summed E-state index contributed by atoms with van der Waals surface area (Å²) in [4.78, 5) is 10.5. The topological polar surface area (TPSA) is 49.3 Å². The van der Waals surface area contributed by atoms with Crippen LogP contribution in [0.2, 0.25) is 0 Å². The number of nitrogens with one attached hydrogen (secondary N) is 2. The summed E-state index contributed by atoms with van der Waals surface area (Å²) in [5.41, 5.74) is 1.17. The molecule has 0 radical (unpaired) electrons. The maximum absolute atomic E-state index is 4.63. The van der Waals surface area contributed by atoms with E-state index in [1.165, 1.54) is 36.3 Å². The Bertz CT molecular complexity index is 432. The van der Waals surface area contributed by atoms with Gasteiger partial charge in [0.2, 0.25) is 0 Å². The molecule has 22 heavy (non-hydrogen) atoms. The number of aromatic nitrogens is 1. The maximum Gasteiger partial charge on any atom is 0.191 e. The molecule has 0 atom stereocenters. The van der Waals surface area contributed by atoms with Crippen molar-refractivity contribution in [1.29, 1.82) is 0 Å². The van der Waals surface area contributed by atoms with Crippen LogP contribution in [-0.2, 0) is 6.42 Å². The van der Waals surface area contributed by atoms with E-state index in [1.54, 1.807) is 11.3 Å². The molecule has 4 nitrogen and oxygen atoms in total. The number of hydrogen-bond donors (Lipinski definition) is 2. The summed E-state index contributed by atoms with van der Waals surface area (Å²) < 4.78 is 0. The third kappa shape index (κ3) is 8.92. The summed E-state index contributed by atoms with van der Waals surface area (Å²) in [5, 5.41) is 7.87. The van der Waals surface area contributed by atoms with E-state index in [0.717, 1.165) is 37.0 Å². The van der Waals surface area contributed by atoms with Crippen molar-refractivity contribution in [3.8, 4) is 0 Å². The number of guanidine groups is 1. The van der Waals surface area contributed by atoms with E-state index in [-0.39, 0.29) is 24.0 Å². The number of thiazole rings is 1. The lowest BCUT2D eigenvalue weighted by Crippen LogP contribution is -2.38. The summed E-state index contributed by atoms with van der Waals surface area (Å²) in [7, 11) is 0. The quantitative estimate of drug-likeness (QED) is 0.265. The van der Waals surface area contributed by atoms with Crippen molar-refractivity contribution in [3.05, 3.63) is 15.6 Å². The fourth-order valence-corrected chi connectivity index (χ4v) is 3.11. The summed E-state index contributed by atoms with van der Waals surface area (Å²) in [6, 6.07) is 0. The Balaban J connectivity index is 0.00000441. The van der Waals surface area contributed by atoms with Crippen molar-refractivity contribution in [3.63, 3.8) is 0 Å². The molecule has 0 aromatic carbocycles. The molecule has 0 spiro atoms. The average molecular weight is 438 g/mol. The average Bonchev–Trinajstić information content (AvgIpc) is 2.77. The van der Waals surface area contributed by atoms with E-state index in [0.29, 0.717) is 0 Å². The largest absolute Gasteiger partial charge is 0.357 e. The van der Waals surface area contributed by atoms with Gasteiger partial charge in [-0.2, -0.15) is 0 Å². The molecular weight excluding hydrogens is 407 g/mol. The molecule has 2 N–H and O–H groups in total. The Hall–Kier alpha value is -0.370. The Morgan fingerprint density at radius 1 is 1.14 bits per heavy atom. The van der Waals surface area contributed by atoms with E-state index >= 15 is 0 Å². The van der Waals surface area contributed by atoms with Crippen LogP contribution in [0.3, 0.4) is 0 Å². The first-order chi connectivity index (χ1) is 10.2. The molecular formula is C16H31IN4S. The molecule has 0 aliphatic heterocycles. The molecule has 0 aliphatic rings. The monoisotopic (exact) mass is 438 g/mol. The number of nitrogens with zero attached hydrogens (tertiary/aromatic N) is 2. The summed E-state index contributed by atoms with van der Waals surface area (Å²) in [6.45, 7) is 11.2. The number of aryl methyl sites for hydroxylation is 2. The van der Waals surface area contributed by atoms with Crippen LogP contribution in [-0.4, -0.2) is 30.6 Å². The first-order valence-corrected chi connectivity index (χ1v) is 8.94. The van der Waals surface area contributed by atoms with Crippen LogP contribution < -0.4 is 10.6 Å². The molecule has 1 aromatic rings. The van der Waals surface area contributed by atoms with Gasteiger partial charge in [-0.3, -0.25) is 4.99 Å². The molecule has 0 bridgehead atoms. The molecule has 1 aromatic heterocycles. The third-order valence-electron chi connectivity index (χ3n) is 3.27. The van der Waals surface area contributed by atoms with Crippen molar-refractivity contribution in [2.24, 2.45) is 4.99 Å². The van der Waals surface area contributed by atoms with Gasteiger partial charge in [0.25, 0.3) is 0 Å². The highest BCUT2D eigenvalue weighted by molar-refractivity contribution is 14.0. The Morgan fingerprint density at radius 3 is 2.50 bits per heavy atom. The van der Waals surface area contributed by atoms with Crippen molar-refractivity contribution < 1.29 is 0 Å². The minimum absolute atomic E-state index is 0. The number of rotatable bonds is 9. The highest BCUT2D eigenvalue weighted by Gasteiger charge is 2.04. The van der Waals surface area contributed by atoms with E-state index in [1.807, 2.05) is 0 Å².